The number of nitrogens with one attached hydrogen (secondary N) is 1. The summed E-state index contributed by atoms with van der Waals surface area (Å²) in [6.07, 6.45) is 0. The van der Waals surface area contributed by atoms with Crippen LogP contribution >= 0.6 is 0 Å². The summed E-state index contributed by atoms with van der Waals surface area (Å²) in [5.41, 5.74) is 2.45. The van der Waals surface area contributed by atoms with Crippen molar-refractivity contribution >= 4 is 16.7 Å². The second-order valence-corrected chi connectivity index (χ2v) is 4.00. The van der Waals surface area contributed by atoms with Crippen LogP contribution in [0.2, 0.25) is 0 Å². The molecule has 1 N–H and O–H groups in total. The Bertz CT molecular complexity index is 608. The number of pyridine rings is 1. The predicted octanol–water partition coefficient (Wildman–Crippen LogP) is 3.09. The van der Waals surface area contributed by atoms with Crippen LogP contribution in [0, 0.1) is 11.3 Å². The Morgan fingerprint density at radius 1 is 1.47 bits per heavy atom. The average Bonchev–Trinajstić information content (AvgIpc) is 2.35. The van der Waals surface area contributed by atoms with E-state index in [-0.39, 0.29) is 0 Å². The molecule has 0 fully saturated rings. The lowest BCUT2D eigenvalue weighted by Gasteiger charge is -2.08. The number of fused-ring (bicyclic) bond motifs is 1. The quantitative estimate of drug-likeness (QED) is 0.813. The lowest BCUT2D eigenvalue weighted by Crippen LogP contribution is -2.05. The van der Waals surface area contributed by atoms with Gasteiger partial charge in [0.2, 0.25) is 0 Å². The van der Waals surface area contributed by atoms with Gasteiger partial charge in [0.25, 0.3) is 0 Å². The van der Waals surface area contributed by atoms with Crippen LogP contribution in [-0.2, 0) is 0 Å². The summed E-state index contributed by atoms with van der Waals surface area (Å²) in [4.78, 5) is 4.44. The summed E-state index contributed by atoms with van der Waals surface area (Å²) in [5.74, 6) is 0.620. The Kier molecular flexibility index (Phi) is 3.06. The zero-order chi connectivity index (χ0) is 12.3. The normalized spacial score (nSPS) is 9.88. The molecule has 0 spiro atoms. The first kappa shape index (κ1) is 11.2. The van der Waals surface area contributed by atoms with Crippen molar-refractivity contribution in [1.29, 1.82) is 5.26 Å². The van der Waals surface area contributed by atoms with Gasteiger partial charge in [0, 0.05) is 11.9 Å². The van der Waals surface area contributed by atoms with Crippen LogP contribution in [-0.4, -0.2) is 11.5 Å². The standard InChI is InChI=1S/C14H13N3/c1-10(2)9-16-14-12(8-15)7-11-5-3-4-6-13(11)17-14/h3-7H,1,9H2,2H3,(H,16,17). The molecule has 84 valence electrons. The van der Waals surface area contributed by atoms with Crippen LogP contribution in [0.25, 0.3) is 10.9 Å². The Hall–Kier alpha value is -2.34. The van der Waals surface area contributed by atoms with Gasteiger partial charge < -0.3 is 5.32 Å². The number of para-hydroxylation sites is 1. The number of aromatic nitrogens is 1. The minimum absolute atomic E-state index is 0.560. The monoisotopic (exact) mass is 223 g/mol. The molecule has 0 unspecified atom stereocenters. The molecule has 0 aliphatic carbocycles. The molecule has 0 radical (unpaired) electrons. The molecule has 3 nitrogen and oxygen atoms in total. The summed E-state index contributed by atoms with van der Waals surface area (Å²) in [5, 5.41) is 13.2. The van der Waals surface area contributed by atoms with Crippen LogP contribution in [0.4, 0.5) is 5.82 Å². The van der Waals surface area contributed by atoms with Gasteiger partial charge in [-0.05, 0) is 19.1 Å². The molecule has 0 saturated heterocycles. The summed E-state index contributed by atoms with van der Waals surface area (Å²) in [7, 11) is 0. The number of nitrogens with zero attached hydrogens (tertiary/aromatic N) is 2. The van der Waals surface area contributed by atoms with E-state index in [1.165, 1.54) is 0 Å². The van der Waals surface area contributed by atoms with E-state index in [0.29, 0.717) is 17.9 Å². The van der Waals surface area contributed by atoms with E-state index in [4.69, 9.17) is 5.26 Å². The third-order valence-corrected chi connectivity index (χ3v) is 2.40. The molecule has 0 atom stereocenters. The Morgan fingerprint density at radius 3 is 2.94 bits per heavy atom. The van der Waals surface area contributed by atoms with E-state index < -0.39 is 0 Å². The smallest absolute Gasteiger partial charge is 0.144 e. The van der Waals surface area contributed by atoms with Crippen molar-refractivity contribution in [2.45, 2.75) is 6.92 Å². The van der Waals surface area contributed by atoms with Crippen LogP contribution in [0.15, 0.2) is 42.5 Å². The SMILES string of the molecule is C=C(C)CNc1nc2ccccc2cc1C#N. The van der Waals surface area contributed by atoms with E-state index in [9.17, 15) is 0 Å². The zero-order valence-electron chi connectivity index (χ0n) is 9.70. The fourth-order valence-corrected chi connectivity index (χ4v) is 1.57. The summed E-state index contributed by atoms with van der Waals surface area (Å²) in [6.45, 7) is 6.37. The van der Waals surface area contributed by atoms with E-state index in [2.05, 4.69) is 22.9 Å². The van der Waals surface area contributed by atoms with Crippen molar-refractivity contribution in [3.8, 4) is 6.07 Å². The summed E-state index contributed by atoms with van der Waals surface area (Å²) >= 11 is 0. The first-order valence-corrected chi connectivity index (χ1v) is 5.39. The molecule has 0 aliphatic heterocycles. The summed E-state index contributed by atoms with van der Waals surface area (Å²) in [6, 6.07) is 11.8. The number of hydrogen-bond donors (Lipinski definition) is 1. The van der Waals surface area contributed by atoms with Crippen molar-refractivity contribution in [2.24, 2.45) is 0 Å². The number of nitriles is 1. The maximum Gasteiger partial charge on any atom is 0.144 e. The largest absolute Gasteiger partial charge is 0.365 e. The molecule has 0 bridgehead atoms. The van der Waals surface area contributed by atoms with Crippen LogP contribution in [0.5, 0.6) is 0 Å². The van der Waals surface area contributed by atoms with Gasteiger partial charge in [-0.2, -0.15) is 5.26 Å². The van der Waals surface area contributed by atoms with Crippen molar-refractivity contribution in [3.63, 3.8) is 0 Å². The predicted molar refractivity (Wildman–Crippen MR) is 69.8 cm³/mol. The second kappa shape index (κ2) is 4.67. The Labute approximate surface area is 100 Å². The minimum Gasteiger partial charge on any atom is -0.365 e. The highest BCUT2D eigenvalue weighted by atomic mass is 15.0. The molecular weight excluding hydrogens is 210 g/mol. The van der Waals surface area contributed by atoms with Gasteiger partial charge in [-0.15, -0.1) is 0 Å². The first-order valence-electron chi connectivity index (χ1n) is 5.39. The molecule has 0 amide bonds. The van der Waals surface area contributed by atoms with Gasteiger partial charge in [0.1, 0.15) is 11.9 Å². The van der Waals surface area contributed by atoms with Crippen molar-refractivity contribution < 1.29 is 0 Å². The molecule has 0 aliphatic rings. The van der Waals surface area contributed by atoms with Crippen molar-refractivity contribution in [3.05, 3.63) is 48.0 Å². The molecule has 0 saturated carbocycles. The van der Waals surface area contributed by atoms with Gasteiger partial charge in [-0.1, -0.05) is 30.4 Å². The number of benzene rings is 1. The number of rotatable bonds is 3. The van der Waals surface area contributed by atoms with Gasteiger partial charge in [-0.25, -0.2) is 4.98 Å². The molecule has 3 heteroatoms. The van der Waals surface area contributed by atoms with Crippen molar-refractivity contribution in [1.82, 2.24) is 4.98 Å². The highest BCUT2D eigenvalue weighted by Crippen LogP contribution is 2.19. The van der Waals surface area contributed by atoms with E-state index >= 15 is 0 Å². The van der Waals surface area contributed by atoms with Gasteiger partial charge >= 0.3 is 0 Å². The van der Waals surface area contributed by atoms with Gasteiger partial charge in [0.05, 0.1) is 11.1 Å². The fourth-order valence-electron chi connectivity index (χ4n) is 1.57. The molecule has 2 rings (SSSR count). The van der Waals surface area contributed by atoms with E-state index in [1.54, 1.807) is 0 Å². The highest BCUT2D eigenvalue weighted by molar-refractivity contribution is 5.82. The maximum absolute atomic E-state index is 9.09. The molecule has 1 aromatic carbocycles. The van der Waals surface area contributed by atoms with Crippen molar-refractivity contribution in [2.75, 3.05) is 11.9 Å². The highest BCUT2D eigenvalue weighted by Gasteiger charge is 2.05. The van der Waals surface area contributed by atoms with E-state index in [1.807, 2.05) is 37.3 Å². The number of hydrogen-bond acceptors (Lipinski definition) is 3. The van der Waals surface area contributed by atoms with Crippen LogP contribution in [0.3, 0.4) is 0 Å². The third-order valence-electron chi connectivity index (χ3n) is 2.40. The topological polar surface area (TPSA) is 48.7 Å². The lowest BCUT2D eigenvalue weighted by molar-refractivity contribution is 1.18. The lowest BCUT2D eigenvalue weighted by atomic mass is 10.1. The maximum atomic E-state index is 9.09. The molecule has 17 heavy (non-hydrogen) atoms. The molecule has 1 aromatic heterocycles. The number of anilines is 1. The van der Waals surface area contributed by atoms with Gasteiger partial charge in [0.15, 0.2) is 0 Å². The Morgan fingerprint density at radius 2 is 2.24 bits per heavy atom. The summed E-state index contributed by atoms with van der Waals surface area (Å²) < 4.78 is 0. The fraction of sp³-hybridized carbons (Fsp3) is 0.143. The van der Waals surface area contributed by atoms with E-state index in [0.717, 1.165) is 16.5 Å². The first-order chi connectivity index (χ1) is 8.20. The molecule has 1 heterocycles. The van der Waals surface area contributed by atoms with Crippen LogP contribution < -0.4 is 5.32 Å². The third kappa shape index (κ3) is 2.43. The average molecular weight is 223 g/mol. The van der Waals surface area contributed by atoms with Gasteiger partial charge in [-0.3, -0.25) is 0 Å². The Balaban J connectivity index is 2.46. The zero-order valence-corrected chi connectivity index (χ0v) is 9.70. The second-order valence-electron chi connectivity index (χ2n) is 4.00. The molecule has 2 aromatic rings. The minimum atomic E-state index is 0.560. The molecular formula is C14H13N3. The van der Waals surface area contributed by atoms with Crippen LogP contribution in [0.1, 0.15) is 12.5 Å².